The highest BCUT2D eigenvalue weighted by Gasteiger charge is 2.08. The molecule has 0 bridgehead atoms. The molecule has 1 aromatic heterocycles. The second-order valence-electron chi connectivity index (χ2n) is 4.75. The van der Waals surface area contributed by atoms with Crippen LogP contribution in [0.5, 0.6) is 0 Å². The van der Waals surface area contributed by atoms with Crippen LogP contribution in [0.3, 0.4) is 0 Å². The van der Waals surface area contributed by atoms with E-state index in [1.165, 1.54) is 4.88 Å². The first kappa shape index (κ1) is 16.5. The zero-order chi connectivity index (χ0) is 15.1. The van der Waals surface area contributed by atoms with Gasteiger partial charge in [0.2, 0.25) is 0 Å². The molecule has 1 unspecified atom stereocenters. The van der Waals surface area contributed by atoms with E-state index in [2.05, 4.69) is 64.6 Å². The summed E-state index contributed by atoms with van der Waals surface area (Å²) in [6.45, 7) is 4.02. The van der Waals surface area contributed by atoms with Crippen LogP contribution in [0.15, 0.2) is 40.2 Å². The third kappa shape index (κ3) is 5.43. The Morgan fingerprint density at radius 3 is 2.81 bits per heavy atom. The van der Waals surface area contributed by atoms with E-state index < -0.39 is 0 Å². The van der Waals surface area contributed by atoms with Gasteiger partial charge in [-0.15, -0.1) is 11.3 Å². The van der Waals surface area contributed by atoms with Crippen molar-refractivity contribution in [2.24, 2.45) is 0 Å². The minimum absolute atomic E-state index is 0.283. The molecule has 1 heterocycles. The fraction of sp³-hybridized carbons (Fsp3) is 0.375. The fourth-order valence-electron chi connectivity index (χ4n) is 1.97. The van der Waals surface area contributed by atoms with Gasteiger partial charge in [0, 0.05) is 17.7 Å². The zero-order valence-electron chi connectivity index (χ0n) is 12.3. The SMILES string of the molecule is COCCOCc1cccc(NC(C)c2ccc(Br)s2)c1. The molecule has 2 rings (SSSR count). The second kappa shape index (κ2) is 8.54. The molecule has 1 atom stereocenters. The van der Waals surface area contributed by atoms with Gasteiger partial charge in [-0.25, -0.2) is 0 Å². The molecule has 0 aliphatic carbocycles. The molecule has 0 saturated heterocycles. The second-order valence-corrected chi connectivity index (χ2v) is 7.25. The number of benzene rings is 1. The molecule has 3 nitrogen and oxygen atoms in total. The summed E-state index contributed by atoms with van der Waals surface area (Å²) in [4.78, 5) is 1.31. The lowest BCUT2D eigenvalue weighted by Gasteiger charge is -2.14. The number of hydrogen-bond acceptors (Lipinski definition) is 4. The monoisotopic (exact) mass is 369 g/mol. The molecule has 0 aliphatic heterocycles. The summed E-state index contributed by atoms with van der Waals surface area (Å²) in [6.07, 6.45) is 0. The first-order chi connectivity index (χ1) is 10.2. The van der Waals surface area contributed by atoms with Crippen molar-refractivity contribution < 1.29 is 9.47 Å². The van der Waals surface area contributed by atoms with Crippen LogP contribution < -0.4 is 5.32 Å². The quantitative estimate of drug-likeness (QED) is 0.674. The Balaban J connectivity index is 1.91. The standard InChI is InChI=1S/C16H20BrNO2S/c1-12(15-6-7-16(17)21-15)18-14-5-3-4-13(10-14)11-20-9-8-19-2/h3-7,10,12,18H,8-9,11H2,1-2H3. The molecule has 0 radical (unpaired) electrons. The van der Waals surface area contributed by atoms with Crippen molar-refractivity contribution in [1.82, 2.24) is 0 Å². The predicted octanol–water partition coefficient (Wildman–Crippen LogP) is 4.85. The van der Waals surface area contributed by atoms with E-state index in [1.54, 1.807) is 18.4 Å². The molecule has 0 amide bonds. The number of thiophene rings is 1. The van der Waals surface area contributed by atoms with Gasteiger partial charge in [-0.3, -0.25) is 0 Å². The molecular formula is C16H20BrNO2S. The number of hydrogen-bond donors (Lipinski definition) is 1. The molecular weight excluding hydrogens is 350 g/mol. The topological polar surface area (TPSA) is 30.5 Å². The summed E-state index contributed by atoms with van der Waals surface area (Å²) in [6, 6.07) is 12.8. The Kier molecular flexibility index (Phi) is 6.70. The van der Waals surface area contributed by atoms with Gasteiger partial charge >= 0.3 is 0 Å². The Morgan fingerprint density at radius 1 is 1.24 bits per heavy atom. The highest BCUT2D eigenvalue weighted by atomic mass is 79.9. The minimum Gasteiger partial charge on any atom is -0.382 e. The summed E-state index contributed by atoms with van der Waals surface area (Å²) in [5, 5.41) is 3.52. The van der Waals surface area contributed by atoms with Gasteiger partial charge in [0.1, 0.15) is 0 Å². The van der Waals surface area contributed by atoms with Crippen molar-refractivity contribution in [1.29, 1.82) is 0 Å². The summed E-state index contributed by atoms with van der Waals surface area (Å²) in [5.74, 6) is 0. The van der Waals surface area contributed by atoms with Crippen molar-refractivity contribution in [3.05, 3.63) is 50.6 Å². The van der Waals surface area contributed by atoms with E-state index in [0.717, 1.165) is 15.0 Å². The molecule has 0 spiro atoms. The molecule has 1 aromatic carbocycles. The highest BCUT2D eigenvalue weighted by Crippen LogP contribution is 2.29. The number of nitrogens with one attached hydrogen (secondary N) is 1. The number of anilines is 1. The van der Waals surface area contributed by atoms with Gasteiger partial charge in [0.15, 0.2) is 0 Å². The minimum atomic E-state index is 0.283. The first-order valence-corrected chi connectivity index (χ1v) is 8.47. The number of halogens is 1. The van der Waals surface area contributed by atoms with Crippen LogP contribution >= 0.6 is 27.3 Å². The van der Waals surface area contributed by atoms with Crippen molar-refractivity contribution >= 4 is 33.0 Å². The van der Waals surface area contributed by atoms with Crippen molar-refractivity contribution in [2.45, 2.75) is 19.6 Å². The maximum atomic E-state index is 5.55. The normalized spacial score (nSPS) is 12.3. The summed E-state index contributed by atoms with van der Waals surface area (Å²) in [5.41, 5.74) is 2.27. The summed E-state index contributed by atoms with van der Waals surface area (Å²) >= 11 is 5.26. The van der Waals surface area contributed by atoms with Crippen LogP contribution in [0.1, 0.15) is 23.4 Å². The largest absolute Gasteiger partial charge is 0.382 e. The number of rotatable bonds is 8. The molecule has 114 valence electrons. The van der Waals surface area contributed by atoms with Crippen LogP contribution in [0.25, 0.3) is 0 Å². The Bertz CT molecular complexity index is 559. The van der Waals surface area contributed by atoms with Gasteiger partial charge in [0.05, 0.1) is 29.6 Å². The number of methoxy groups -OCH3 is 1. The van der Waals surface area contributed by atoms with E-state index >= 15 is 0 Å². The average Bonchev–Trinajstić information content (AvgIpc) is 2.91. The Labute approximate surface area is 138 Å². The fourth-order valence-corrected chi connectivity index (χ4v) is 3.39. The first-order valence-electron chi connectivity index (χ1n) is 6.86. The third-order valence-corrected chi connectivity index (χ3v) is 4.84. The lowest BCUT2D eigenvalue weighted by molar-refractivity contribution is 0.0617. The molecule has 0 saturated carbocycles. The highest BCUT2D eigenvalue weighted by molar-refractivity contribution is 9.11. The average molecular weight is 370 g/mol. The van der Waals surface area contributed by atoms with Crippen molar-refractivity contribution in [3.8, 4) is 0 Å². The smallest absolute Gasteiger partial charge is 0.0718 e. The number of ether oxygens (including phenoxy) is 2. The van der Waals surface area contributed by atoms with Crippen LogP contribution in [0.2, 0.25) is 0 Å². The van der Waals surface area contributed by atoms with E-state index in [4.69, 9.17) is 9.47 Å². The molecule has 1 N–H and O–H groups in total. The zero-order valence-corrected chi connectivity index (χ0v) is 14.7. The van der Waals surface area contributed by atoms with Gasteiger partial charge in [-0.05, 0) is 52.7 Å². The molecule has 0 fully saturated rings. The van der Waals surface area contributed by atoms with Crippen molar-refractivity contribution in [3.63, 3.8) is 0 Å². The lowest BCUT2D eigenvalue weighted by atomic mass is 10.2. The maximum absolute atomic E-state index is 5.55. The van der Waals surface area contributed by atoms with Crippen LogP contribution in [0.4, 0.5) is 5.69 Å². The Morgan fingerprint density at radius 2 is 2.10 bits per heavy atom. The Hall–Kier alpha value is -0.880. The van der Waals surface area contributed by atoms with E-state index in [9.17, 15) is 0 Å². The van der Waals surface area contributed by atoms with E-state index in [-0.39, 0.29) is 6.04 Å². The van der Waals surface area contributed by atoms with Gasteiger partial charge < -0.3 is 14.8 Å². The van der Waals surface area contributed by atoms with E-state index in [1.807, 2.05) is 0 Å². The summed E-state index contributed by atoms with van der Waals surface area (Å²) in [7, 11) is 1.68. The lowest BCUT2D eigenvalue weighted by Crippen LogP contribution is -2.06. The van der Waals surface area contributed by atoms with E-state index in [0.29, 0.717) is 19.8 Å². The van der Waals surface area contributed by atoms with Crippen LogP contribution in [0, 0.1) is 0 Å². The molecule has 0 aliphatic rings. The molecule has 21 heavy (non-hydrogen) atoms. The molecule has 5 heteroatoms. The van der Waals surface area contributed by atoms with Gasteiger partial charge in [-0.2, -0.15) is 0 Å². The van der Waals surface area contributed by atoms with Crippen LogP contribution in [-0.2, 0) is 16.1 Å². The van der Waals surface area contributed by atoms with Gasteiger partial charge in [-0.1, -0.05) is 12.1 Å². The van der Waals surface area contributed by atoms with Gasteiger partial charge in [0.25, 0.3) is 0 Å². The molecule has 2 aromatic rings. The predicted molar refractivity (Wildman–Crippen MR) is 92.0 cm³/mol. The van der Waals surface area contributed by atoms with Crippen molar-refractivity contribution in [2.75, 3.05) is 25.6 Å². The summed E-state index contributed by atoms with van der Waals surface area (Å²) < 4.78 is 11.7. The third-order valence-electron chi connectivity index (χ3n) is 3.03. The van der Waals surface area contributed by atoms with Crippen LogP contribution in [-0.4, -0.2) is 20.3 Å². The maximum Gasteiger partial charge on any atom is 0.0718 e.